The monoisotopic (exact) mass is 244 g/mol. The summed E-state index contributed by atoms with van der Waals surface area (Å²) in [7, 11) is 0. The molecule has 0 aliphatic rings. The highest BCUT2D eigenvalue weighted by molar-refractivity contribution is 6.13. The molecule has 0 heterocycles. The number of aliphatic carboxylic acids is 1. The molecule has 5 nitrogen and oxygen atoms in total. The fourth-order valence-electron chi connectivity index (χ4n) is 1.24. The van der Waals surface area contributed by atoms with E-state index in [0.29, 0.717) is 13.0 Å². The topological polar surface area (TPSA) is 72.8 Å². The third kappa shape index (κ3) is 5.94. The van der Waals surface area contributed by atoms with Gasteiger partial charge < -0.3 is 14.6 Å². The number of rotatable bonds is 8. The van der Waals surface area contributed by atoms with Crippen LogP contribution >= 0.6 is 0 Å². The van der Waals surface area contributed by atoms with Gasteiger partial charge in [-0.05, 0) is 19.8 Å². The summed E-state index contributed by atoms with van der Waals surface area (Å²) in [4.78, 5) is 22.4. The first kappa shape index (κ1) is 15.5. The summed E-state index contributed by atoms with van der Waals surface area (Å²) in [6, 6.07) is 0. The van der Waals surface area contributed by atoms with E-state index in [0.717, 1.165) is 19.1 Å². The van der Waals surface area contributed by atoms with Crippen LogP contribution in [0.5, 0.6) is 0 Å². The van der Waals surface area contributed by atoms with Gasteiger partial charge in [0.25, 0.3) is 0 Å². The van der Waals surface area contributed by atoms with E-state index in [1.54, 1.807) is 6.92 Å². The minimum Gasteiger partial charge on any atom is -0.500 e. The van der Waals surface area contributed by atoms with Crippen LogP contribution in [0.2, 0.25) is 0 Å². The molecule has 0 rings (SSSR count). The quantitative estimate of drug-likeness (QED) is 0.233. The van der Waals surface area contributed by atoms with E-state index in [2.05, 4.69) is 0 Å². The molecule has 0 spiro atoms. The predicted molar refractivity (Wildman–Crippen MR) is 62.4 cm³/mol. The van der Waals surface area contributed by atoms with Gasteiger partial charge in [0.15, 0.2) is 5.57 Å². The Bertz CT molecular complexity index is 283. The third-order valence-corrected chi connectivity index (χ3v) is 2.16. The average Bonchev–Trinajstić information content (AvgIpc) is 2.28. The Balaban J connectivity index is 4.56. The summed E-state index contributed by atoms with van der Waals surface area (Å²) in [5.74, 6) is -2.18. The number of ether oxygens (including phenoxy) is 2. The van der Waals surface area contributed by atoms with Crippen LogP contribution in [0.15, 0.2) is 11.8 Å². The standard InChI is InChI=1S/C12H20O5/c1-4-7-9(5-2)17-12(15)10(11(13)14)8-16-6-3/h8-9H,4-7H2,1-3H3,(H,13,14). The molecule has 1 atom stereocenters. The third-order valence-electron chi connectivity index (χ3n) is 2.16. The molecule has 1 N–H and O–H groups in total. The zero-order chi connectivity index (χ0) is 13.3. The summed E-state index contributed by atoms with van der Waals surface area (Å²) in [5, 5.41) is 8.84. The van der Waals surface area contributed by atoms with Crippen LogP contribution in [0.3, 0.4) is 0 Å². The van der Waals surface area contributed by atoms with Crippen molar-refractivity contribution in [1.29, 1.82) is 0 Å². The summed E-state index contributed by atoms with van der Waals surface area (Å²) in [5.41, 5.74) is -0.471. The first-order chi connectivity index (χ1) is 8.06. The van der Waals surface area contributed by atoms with Gasteiger partial charge in [-0.25, -0.2) is 9.59 Å². The van der Waals surface area contributed by atoms with Gasteiger partial charge in [0, 0.05) is 0 Å². The van der Waals surface area contributed by atoms with Crippen molar-refractivity contribution < 1.29 is 24.2 Å². The lowest BCUT2D eigenvalue weighted by atomic mass is 10.1. The lowest BCUT2D eigenvalue weighted by Gasteiger charge is -2.15. The molecule has 98 valence electrons. The molecule has 0 saturated carbocycles. The fraction of sp³-hybridized carbons (Fsp3) is 0.667. The lowest BCUT2D eigenvalue weighted by molar-refractivity contribution is -0.148. The van der Waals surface area contributed by atoms with E-state index >= 15 is 0 Å². The van der Waals surface area contributed by atoms with Gasteiger partial charge in [0.1, 0.15) is 12.4 Å². The Labute approximate surface area is 101 Å². The molecule has 0 aromatic heterocycles. The van der Waals surface area contributed by atoms with Gasteiger partial charge in [-0.2, -0.15) is 0 Å². The van der Waals surface area contributed by atoms with Gasteiger partial charge >= 0.3 is 11.9 Å². The average molecular weight is 244 g/mol. The second-order valence-electron chi connectivity index (χ2n) is 3.52. The normalized spacial score (nSPS) is 13.0. The van der Waals surface area contributed by atoms with Crippen LogP contribution in [0, 0.1) is 0 Å². The Kier molecular flexibility index (Phi) is 7.84. The molecule has 0 aromatic rings. The van der Waals surface area contributed by atoms with E-state index in [-0.39, 0.29) is 6.10 Å². The zero-order valence-electron chi connectivity index (χ0n) is 10.6. The lowest BCUT2D eigenvalue weighted by Crippen LogP contribution is -2.22. The molecule has 17 heavy (non-hydrogen) atoms. The zero-order valence-corrected chi connectivity index (χ0v) is 10.6. The second-order valence-corrected chi connectivity index (χ2v) is 3.52. The highest BCUT2D eigenvalue weighted by Crippen LogP contribution is 2.10. The van der Waals surface area contributed by atoms with E-state index < -0.39 is 17.5 Å². The van der Waals surface area contributed by atoms with Gasteiger partial charge in [0.05, 0.1) is 6.61 Å². The van der Waals surface area contributed by atoms with Crippen LogP contribution < -0.4 is 0 Å². The molecule has 5 heteroatoms. The number of carbonyl (C=O) groups excluding carboxylic acids is 1. The maximum Gasteiger partial charge on any atom is 0.349 e. The van der Waals surface area contributed by atoms with Crippen molar-refractivity contribution in [3.05, 3.63) is 11.8 Å². The Morgan fingerprint density at radius 3 is 2.35 bits per heavy atom. The number of carbonyl (C=O) groups is 2. The molecule has 0 radical (unpaired) electrons. The van der Waals surface area contributed by atoms with Crippen molar-refractivity contribution in [2.45, 2.75) is 46.1 Å². The van der Waals surface area contributed by atoms with E-state index in [9.17, 15) is 9.59 Å². The minimum absolute atomic E-state index is 0.239. The Morgan fingerprint density at radius 2 is 1.94 bits per heavy atom. The van der Waals surface area contributed by atoms with Gasteiger partial charge in [-0.3, -0.25) is 0 Å². The predicted octanol–water partition coefficient (Wildman–Crippen LogP) is 2.11. The fourth-order valence-corrected chi connectivity index (χ4v) is 1.24. The maximum absolute atomic E-state index is 11.6. The largest absolute Gasteiger partial charge is 0.500 e. The summed E-state index contributed by atoms with van der Waals surface area (Å²) in [6.07, 6.45) is 2.97. The molecule has 1 unspecified atom stereocenters. The summed E-state index contributed by atoms with van der Waals surface area (Å²) < 4.78 is 9.90. The molecule has 0 bridgehead atoms. The van der Waals surface area contributed by atoms with Crippen LogP contribution in [0.4, 0.5) is 0 Å². The Hall–Kier alpha value is -1.52. The van der Waals surface area contributed by atoms with E-state index in [1.807, 2.05) is 13.8 Å². The van der Waals surface area contributed by atoms with Crippen molar-refractivity contribution in [2.24, 2.45) is 0 Å². The van der Waals surface area contributed by atoms with Crippen molar-refractivity contribution in [2.75, 3.05) is 6.61 Å². The molecule has 0 aromatic carbocycles. The van der Waals surface area contributed by atoms with Gasteiger partial charge in [-0.1, -0.05) is 20.3 Å². The smallest absolute Gasteiger partial charge is 0.349 e. The van der Waals surface area contributed by atoms with Crippen molar-refractivity contribution in [1.82, 2.24) is 0 Å². The molecule has 0 aliphatic carbocycles. The number of carboxylic acid groups (broad SMARTS) is 1. The summed E-state index contributed by atoms with van der Waals surface area (Å²) in [6.45, 7) is 5.87. The van der Waals surface area contributed by atoms with Crippen LogP contribution in [-0.4, -0.2) is 29.8 Å². The maximum atomic E-state index is 11.6. The molecule has 0 saturated heterocycles. The van der Waals surface area contributed by atoms with Crippen molar-refractivity contribution >= 4 is 11.9 Å². The van der Waals surface area contributed by atoms with E-state index in [1.165, 1.54) is 0 Å². The molecule has 0 fully saturated rings. The van der Waals surface area contributed by atoms with Gasteiger partial charge in [0.2, 0.25) is 0 Å². The number of carboxylic acids is 1. The number of hydrogen-bond donors (Lipinski definition) is 1. The van der Waals surface area contributed by atoms with Gasteiger partial charge in [-0.15, -0.1) is 0 Å². The summed E-state index contributed by atoms with van der Waals surface area (Å²) >= 11 is 0. The molecular formula is C12H20O5. The molecule has 0 aliphatic heterocycles. The van der Waals surface area contributed by atoms with Crippen LogP contribution in [0.25, 0.3) is 0 Å². The second kappa shape index (κ2) is 8.61. The molecular weight excluding hydrogens is 224 g/mol. The highest BCUT2D eigenvalue weighted by atomic mass is 16.5. The van der Waals surface area contributed by atoms with Crippen molar-refractivity contribution in [3.8, 4) is 0 Å². The van der Waals surface area contributed by atoms with Crippen LogP contribution in [0.1, 0.15) is 40.0 Å². The van der Waals surface area contributed by atoms with Crippen LogP contribution in [-0.2, 0) is 19.1 Å². The molecule has 0 amide bonds. The number of hydrogen-bond acceptors (Lipinski definition) is 4. The van der Waals surface area contributed by atoms with E-state index in [4.69, 9.17) is 14.6 Å². The van der Waals surface area contributed by atoms with Crippen molar-refractivity contribution in [3.63, 3.8) is 0 Å². The first-order valence-electron chi connectivity index (χ1n) is 5.82. The SMILES string of the molecule is CCCC(CC)OC(=O)C(=COCC)C(=O)O. The number of esters is 1. The Morgan fingerprint density at radius 1 is 1.29 bits per heavy atom. The highest BCUT2D eigenvalue weighted by Gasteiger charge is 2.22. The minimum atomic E-state index is -1.34. The first-order valence-corrected chi connectivity index (χ1v) is 5.82.